The molecule has 1 rings (SSSR count). The number of carbonyl (C=O) groups is 1. The minimum atomic E-state index is -4.52. The molecule has 1 aromatic carbocycles. The first-order valence-corrected chi connectivity index (χ1v) is 5.08. The van der Waals surface area contributed by atoms with Crippen molar-refractivity contribution in [1.29, 1.82) is 5.26 Å². The Bertz CT molecular complexity index is 509. The Morgan fingerprint density at radius 3 is 2.68 bits per heavy atom. The molecule has 0 aliphatic heterocycles. The van der Waals surface area contributed by atoms with Crippen LogP contribution in [-0.4, -0.2) is 18.8 Å². The Hall–Kier alpha value is -2.27. The highest BCUT2D eigenvalue weighted by Crippen LogP contribution is 2.16. The number of rotatable bonds is 3. The molecule has 1 aromatic rings. The van der Waals surface area contributed by atoms with Gasteiger partial charge < -0.3 is 5.32 Å². The molecular weight excluding hydrogens is 263 g/mol. The Balaban J connectivity index is 2.51. The van der Waals surface area contributed by atoms with Crippen LogP contribution in [-0.2, 0) is 4.84 Å². The summed E-state index contributed by atoms with van der Waals surface area (Å²) in [6, 6.07) is 5.46. The van der Waals surface area contributed by atoms with Crippen LogP contribution in [0.25, 0.3) is 0 Å². The zero-order valence-electron chi connectivity index (χ0n) is 9.84. The standard InChI is InChI=1S/C11H10F3N3O2/c1-7-4-8(5-15)2-3-9(7)16-10(18)17-19-6-11(12,13)14/h2-4H,6H2,1H3,(H2,16,17,18). The first-order chi connectivity index (χ1) is 8.81. The number of hydrogen-bond acceptors (Lipinski definition) is 3. The lowest BCUT2D eigenvalue weighted by Gasteiger charge is -2.11. The summed E-state index contributed by atoms with van der Waals surface area (Å²) < 4.78 is 35.3. The van der Waals surface area contributed by atoms with Gasteiger partial charge in [0.15, 0.2) is 6.61 Å². The van der Waals surface area contributed by atoms with Crippen molar-refractivity contribution in [2.45, 2.75) is 13.1 Å². The van der Waals surface area contributed by atoms with Crippen molar-refractivity contribution >= 4 is 11.7 Å². The van der Waals surface area contributed by atoms with E-state index in [1.54, 1.807) is 12.4 Å². The van der Waals surface area contributed by atoms with Gasteiger partial charge in [-0.05, 0) is 30.7 Å². The average molecular weight is 273 g/mol. The van der Waals surface area contributed by atoms with Gasteiger partial charge in [-0.15, -0.1) is 0 Å². The Labute approximate surface area is 106 Å². The van der Waals surface area contributed by atoms with Crippen LogP contribution < -0.4 is 10.8 Å². The summed E-state index contributed by atoms with van der Waals surface area (Å²) in [4.78, 5) is 15.2. The molecule has 0 spiro atoms. The maximum atomic E-state index is 11.8. The van der Waals surface area contributed by atoms with Crippen molar-refractivity contribution < 1.29 is 22.8 Å². The zero-order chi connectivity index (χ0) is 14.5. The molecule has 0 heterocycles. The summed E-state index contributed by atoms with van der Waals surface area (Å²) in [7, 11) is 0. The van der Waals surface area contributed by atoms with Gasteiger partial charge in [-0.25, -0.2) is 10.3 Å². The lowest BCUT2D eigenvalue weighted by molar-refractivity contribution is -0.183. The second kappa shape index (κ2) is 6.06. The molecule has 2 N–H and O–H groups in total. The lowest BCUT2D eigenvalue weighted by atomic mass is 10.1. The molecule has 2 amide bonds. The topological polar surface area (TPSA) is 74.2 Å². The third-order valence-electron chi connectivity index (χ3n) is 2.00. The van der Waals surface area contributed by atoms with E-state index in [-0.39, 0.29) is 0 Å². The number of halogens is 3. The van der Waals surface area contributed by atoms with Gasteiger partial charge in [0.2, 0.25) is 0 Å². The number of benzene rings is 1. The normalized spacial score (nSPS) is 10.7. The van der Waals surface area contributed by atoms with E-state index in [0.29, 0.717) is 16.8 Å². The van der Waals surface area contributed by atoms with E-state index in [1.165, 1.54) is 18.2 Å². The van der Waals surface area contributed by atoms with Crippen LogP contribution in [0.3, 0.4) is 0 Å². The second-order valence-electron chi connectivity index (χ2n) is 3.60. The van der Waals surface area contributed by atoms with Crippen molar-refractivity contribution in [3.63, 3.8) is 0 Å². The van der Waals surface area contributed by atoms with E-state index in [1.807, 2.05) is 6.07 Å². The van der Waals surface area contributed by atoms with Crippen LogP contribution in [0, 0.1) is 18.3 Å². The van der Waals surface area contributed by atoms with Crippen LogP contribution >= 0.6 is 0 Å². The van der Waals surface area contributed by atoms with E-state index < -0.39 is 18.8 Å². The van der Waals surface area contributed by atoms with Crippen LogP contribution in [0.15, 0.2) is 18.2 Å². The van der Waals surface area contributed by atoms with Crippen LogP contribution in [0.1, 0.15) is 11.1 Å². The summed E-state index contributed by atoms with van der Waals surface area (Å²) in [5, 5.41) is 10.9. The molecule has 0 aliphatic carbocycles. The SMILES string of the molecule is Cc1cc(C#N)ccc1NC(=O)NOCC(F)(F)F. The van der Waals surface area contributed by atoms with E-state index >= 15 is 0 Å². The van der Waals surface area contributed by atoms with Crippen LogP contribution in [0.5, 0.6) is 0 Å². The monoisotopic (exact) mass is 273 g/mol. The molecule has 19 heavy (non-hydrogen) atoms. The molecule has 0 unspecified atom stereocenters. The van der Waals surface area contributed by atoms with Gasteiger partial charge in [-0.1, -0.05) is 0 Å². The van der Waals surface area contributed by atoms with E-state index in [0.717, 1.165) is 0 Å². The summed E-state index contributed by atoms with van der Waals surface area (Å²) in [6.07, 6.45) is -4.52. The van der Waals surface area contributed by atoms with Crippen molar-refractivity contribution in [3.8, 4) is 6.07 Å². The number of urea groups is 1. The number of aryl methyl sites for hydroxylation is 1. The minimum absolute atomic E-state index is 0.368. The summed E-state index contributed by atoms with van der Waals surface area (Å²) >= 11 is 0. The Kier molecular flexibility index (Phi) is 4.72. The molecule has 0 aliphatic rings. The number of nitrogens with zero attached hydrogens (tertiary/aromatic N) is 1. The third-order valence-corrected chi connectivity index (χ3v) is 2.00. The number of nitrogens with one attached hydrogen (secondary N) is 2. The fraction of sp³-hybridized carbons (Fsp3) is 0.273. The maximum absolute atomic E-state index is 11.8. The first-order valence-electron chi connectivity index (χ1n) is 5.08. The molecule has 0 saturated heterocycles. The van der Waals surface area contributed by atoms with Gasteiger partial charge in [-0.2, -0.15) is 18.4 Å². The average Bonchev–Trinajstić information content (AvgIpc) is 2.30. The van der Waals surface area contributed by atoms with Gasteiger partial charge in [0.1, 0.15) is 0 Å². The van der Waals surface area contributed by atoms with E-state index in [4.69, 9.17) is 5.26 Å². The predicted octanol–water partition coefficient (Wildman–Crippen LogP) is 2.48. The molecular formula is C11H10F3N3O2. The highest BCUT2D eigenvalue weighted by Gasteiger charge is 2.28. The van der Waals surface area contributed by atoms with Gasteiger partial charge in [0.05, 0.1) is 11.6 Å². The van der Waals surface area contributed by atoms with Crippen LogP contribution in [0.2, 0.25) is 0 Å². The molecule has 0 radical (unpaired) electrons. The number of hydroxylamine groups is 1. The molecule has 8 heteroatoms. The van der Waals surface area contributed by atoms with E-state index in [2.05, 4.69) is 10.2 Å². The number of amides is 2. The summed E-state index contributed by atoms with van der Waals surface area (Å²) in [5.74, 6) is 0. The number of hydrogen-bond donors (Lipinski definition) is 2. The molecule has 0 aromatic heterocycles. The minimum Gasteiger partial charge on any atom is -0.306 e. The van der Waals surface area contributed by atoms with Gasteiger partial charge >= 0.3 is 12.2 Å². The lowest BCUT2D eigenvalue weighted by Crippen LogP contribution is -2.32. The van der Waals surface area contributed by atoms with E-state index in [9.17, 15) is 18.0 Å². The third kappa shape index (κ3) is 5.27. The predicted molar refractivity (Wildman–Crippen MR) is 60.1 cm³/mol. The molecule has 0 atom stereocenters. The summed E-state index contributed by atoms with van der Waals surface area (Å²) in [5.41, 5.74) is 2.99. The van der Waals surface area contributed by atoms with Gasteiger partial charge in [0, 0.05) is 5.69 Å². The van der Waals surface area contributed by atoms with Crippen molar-refractivity contribution in [3.05, 3.63) is 29.3 Å². The molecule has 0 fully saturated rings. The maximum Gasteiger partial charge on any atom is 0.414 e. The molecule has 0 bridgehead atoms. The highest BCUT2D eigenvalue weighted by atomic mass is 19.4. The quantitative estimate of drug-likeness (QED) is 0.831. The summed E-state index contributed by atoms with van der Waals surface area (Å²) in [6.45, 7) is 0.0692. The van der Waals surface area contributed by atoms with Crippen LogP contribution in [0.4, 0.5) is 23.7 Å². The number of alkyl halides is 3. The molecule has 0 saturated carbocycles. The fourth-order valence-corrected chi connectivity index (χ4v) is 1.20. The van der Waals surface area contributed by atoms with Gasteiger partial charge in [-0.3, -0.25) is 4.84 Å². The van der Waals surface area contributed by atoms with Crippen molar-refractivity contribution in [1.82, 2.24) is 5.48 Å². The molecule has 102 valence electrons. The number of nitriles is 1. The van der Waals surface area contributed by atoms with Crippen molar-refractivity contribution in [2.24, 2.45) is 0 Å². The van der Waals surface area contributed by atoms with Gasteiger partial charge in [0.25, 0.3) is 0 Å². The number of carbonyl (C=O) groups excluding carboxylic acids is 1. The highest BCUT2D eigenvalue weighted by molar-refractivity contribution is 5.89. The smallest absolute Gasteiger partial charge is 0.306 e. The number of anilines is 1. The Morgan fingerprint density at radius 1 is 1.47 bits per heavy atom. The first kappa shape index (κ1) is 14.8. The largest absolute Gasteiger partial charge is 0.414 e. The van der Waals surface area contributed by atoms with Crippen molar-refractivity contribution in [2.75, 3.05) is 11.9 Å². The Morgan fingerprint density at radius 2 is 2.16 bits per heavy atom. The second-order valence-corrected chi connectivity index (χ2v) is 3.60. The fourth-order valence-electron chi connectivity index (χ4n) is 1.20. The molecule has 5 nitrogen and oxygen atoms in total. The zero-order valence-corrected chi connectivity index (χ0v) is 9.84.